The van der Waals surface area contributed by atoms with Crippen molar-refractivity contribution >= 4 is 14.3 Å². The van der Waals surface area contributed by atoms with Crippen molar-refractivity contribution in [2.45, 2.75) is 76.7 Å². The number of nitrogens with zero attached hydrogens (tertiary/aromatic N) is 4. The molecule has 0 atom stereocenters. The molecule has 2 heterocycles. The smallest absolute Gasteiger partial charge is 0.223 e. The highest BCUT2D eigenvalue weighted by Gasteiger charge is 2.39. The molecular weight excluding hydrogens is 370 g/mol. The van der Waals surface area contributed by atoms with Crippen LogP contribution in [0.2, 0.25) is 18.1 Å². The minimum atomic E-state index is -1.72. The molecule has 2 aromatic rings. The highest BCUT2D eigenvalue weighted by atomic mass is 28.4. The molecule has 1 fully saturated rings. The Morgan fingerprint density at radius 2 is 1.71 bits per heavy atom. The lowest BCUT2D eigenvalue weighted by atomic mass is 9.93. The van der Waals surface area contributed by atoms with Gasteiger partial charge >= 0.3 is 0 Å². The average molecular weight is 402 g/mol. The van der Waals surface area contributed by atoms with Gasteiger partial charge in [-0.05, 0) is 49.9 Å². The minimum absolute atomic E-state index is 0.0711. The van der Waals surface area contributed by atoms with Crippen LogP contribution in [0.15, 0.2) is 24.5 Å². The molecule has 0 saturated heterocycles. The number of nitrogens with one attached hydrogen (secondary N) is 1. The summed E-state index contributed by atoms with van der Waals surface area (Å²) in [6.45, 7) is 11.5. The van der Waals surface area contributed by atoms with E-state index in [0.717, 1.165) is 25.7 Å². The van der Waals surface area contributed by atoms with Gasteiger partial charge in [-0.15, -0.1) is 0 Å². The maximum atomic E-state index is 9.54. The molecule has 0 spiro atoms. The zero-order chi connectivity index (χ0) is 20.4. The summed E-state index contributed by atoms with van der Waals surface area (Å²) in [7, 11) is -1.72. The Morgan fingerprint density at radius 3 is 2.36 bits per heavy atom. The molecule has 2 N–H and O–H groups in total. The maximum Gasteiger partial charge on any atom is 0.223 e. The van der Waals surface area contributed by atoms with Crippen LogP contribution in [0.5, 0.6) is 5.88 Å². The van der Waals surface area contributed by atoms with E-state index in [1.807, 2.05) is 0 Å². The second-order valence-corrected chi connectivity index (χ2v) is 13.8. The number of rotatable bonds is 5. The predicted molar refractivity (Wildman–Crippen MR) is 113 cm³/mol. The van der Waals surface area contributed by atoms with Gasteiger partial charge in [-0.1, -0.05) is 20.8 Å². The molecule has 1 saturated carbocycles. The van der Waals surface area contributed by atoms with Crippen LogP contribution >= 0.6 is 0 Å². The fourth-order valence-corrected chi connectivity index (χ4v) is 4.55. The second-order valence-electron chi connectivity index (χ2n) is 9.00. The number of hydrogen-bond donors (Lipinski definition) is 2. The highest BCUT2D eigenvalue weighted by Crippen LogP contribution is 2.39. The molecule has 0 unspecified atom stereocenters. The van der Waals surface area contributed by atoms with Crippen molar-refractivity contribution in [3.05, 3.63) is 24.5 Å². The van der Waals surface area contributed by atoms with Crippen LogP contribution in [0.4, 0.5) is 5.95 Å². The molecule has 2 aromatic heterocycles. The lowest BCUT2D eigenvalue weighted by Crippen LogP contribution is -2.45. The number of aromatic nitrogens is 4. The Hall–Kier alpha value is -2.06. The van der Waals surface area contributed by atoms with E-state index in [0.29, 0.717) is 29.6 Å². The highest BCUT2D eigenvalue weighted by molar-refractivity contribution is 6.74. The average Bonchev–Trinajstić information content (AvgIpc) is 2.62. The van der Waals surface area contributed by atoms with Crippen LogP contribution in [0, 0.1) is 0 Å². The number of aromatic hydroxyl groups is 1. The van der Waals surface area contributed by atoms with Crippen molar-refractivity contribution in [1.29, 1.82) is 0 Å². The summed E-state index contributed by atoms with van der Waals surface area (Å²) < 4.78 is 6.57. The topological polar surface area (TPSA) is 93.0 Å². The van der Waals surface area contributed by atoms with Crippen molar-refractivity contribution in [1.82, 2.24) is 19.9 Å². The monoisotopic (exact) mass is 401 g/mol. The lowest BCUT2D eigenvalue weighted by Gasteiger charge is -2.41. The van der Waals surface area contributed by atoms with Gasteiger partial charge in [0.15, 0.2) is 14.1 Å². The third kappa shape index (κ3) is 5.05. The van der Waals surface area contributed by atoms with Gasteiger partial charge in [-0.2, -0.15) is 4.98 Å². The molecule has 0 aromatic carbocycles. The molecule has 0 bridgehead atoms. The largest absolute Gasteiger partial charge is 0.493 e. The number of hydrogen-bond acceptors (Lipinski definition) is 7. The van der Waals surface area contributed by atoms with Gasteiger partial charge in [0.25, 0.3) is 0 Å². The Kier molecular flexibility index (Phi) is 6.00. The van der Waals surface area contributed by atoms with Crippen molar-refractivity contribution < 1.29 is 9.53 Å². The second kappa shape index (κ2) is 8.12. The molecule has 0 aliphatic heterocycles. The fraction of sp³-hybridized carbons (Fsp3) is 0.600. The Morgan fingerprint density at radius 1 is 1.04 bits per heavy atom. The first-order chi connectivity index (χ1) is 13.1. The molecule has 0 radical (unpaired) electrons. The first-order valence-corrected chi connectivity index (χ1v) is 12.8. The summed E-state index contributed by atoms with van der Waals surface area (Å²) in [6, 6.07) is 3.51. The van der Waals surface area contributed by atoms with Gasteiger partial charge in [-0.3, -0.25) is 0 Å². The van der Waals surface area contributed by atoms with E-state index < -0.39 is 8.32 Å². The van der Waals surface area contributed by atoms with Crippen LogP contribution in [0.3, 0.4) is 0 Å². The molecule has 1 aliphatic carbocycles. The van der Waals surface area contributed by atoms with Gasteiger partial charge in [0, 0.05) is 30.6 Å². The van der Waals surface area contributed by atoms with E-state index in [1.54, 1.807) is 12.3 Å². The third-order valence-corrected chi connectivity index (χ3v) is 10.3. The minimum Gasteiger partial charge on any atom is -0.493 e. The van der Waals surface area contributed by atoms with Crippen LogP contribution in [0.25, 0.3) is 11.5 Å². The fourth-order valence-electron chi connectivity index (χ4n) is 3.13. The van der Waals surface area contributed by atoms with Gasteiger partial charge in [0.2, 0.25) is 11.8 Å². The first kappa shape index (κ1) is 20.7. The molecule has 0 amide bonds. The molecule has 1 aliphatic rings. The summed E-state index contributed by atoms with van der Waals surface area (Å²) in [5.41, 5.74) is 0.586. The molecular formula is C20H31N5O2Si. The van der Waals surface area contributed by atoms with Crippen LogP contribution in [-0.4, -0.2) is 45.5 Å². The van der Waals surface area contributed by atoms with Gasteiger partial charge in [-0.25, -0.2) is 15.0 Å². The molecule has 7 nitrogen and oxygen atoms in total. The zero-order valence-electron chi connectivity index (χ0n) is 17.4. The van der Waals surface area contributed by atoms with E-state index in [2.05, 4.69) is 59.1 Å². The van der Waals surface area contributed by atoms with Gasteiger partial charge in [0.05, 0.1) is 0 Å². The number of anilines is 1. The van der Waals surface area contributed by atoms with Crippen molar-refractivity contribution in [3.63, 3.8) is 0 Å². The molecule has 28 heavy (non-hydrogen) atoms. The molecule has 8 heteroatoms. The first-order valence-electron chi connectivity index (χ1n) is 9.94. The molecule has 152 valence electrons. The zero-order valence-corrected chi connectivity index (χ0v) is 18.4. The Balaban J connectivity index is 1.57. The maximum absolute atomic E-state index is 9.54. The lowest BCUT2D eigenvalue weighted by molar-refractivity contribution is 0.133. The summed E-state index contributed by atoms with van der Waals surface area (Å²) in [5.74, 6) is 0.883. The molecule has 3 rings (SSSR count). The van der Waals surface area contributed by atoms with Crippen LogP contribution < -0.4 is 5.32 Å². The van der Waals surface area contributed by atoms with E-state index in [-0.39, 0.29) is 10.9 Å². The summed E-state index contributed by atoms with van der Waals surface area (Å²) in [4.78, 5) is 17.0. The Labute approximate surface area is 168 Å². The van der Waals surface area contributed by atoms with E-state index >= 15 is 0 Å². The van der Waals surface area contributed by atoms with Crippen molar-refractivity contribution in [3.8, 4) is 17.4 Å². The van der Waals surface area contributed by atoms with E-state index in [1.165, 1.54) is 12.3 Å². The predicted octanol–water partition coefficient (Wildman–Crippen LogP) is 4.38. The van der Waals surface area contributed by atoms with Crippen molar-refractivity contribution in [2.24, 2.45) is 0 Å². The SMILES string of the molecule is CC(C)(C)[Si](C)(C)O[C@H]1CC[C@@H](Nc2nccc(-c3nccc(O)n3)n2)CC1. The standard InChI is InChI=1S/C20H31N5O2Si/c1-20(2,3)28(4,5)27-15-8-6-14(7-9-15)23-19-22-12-10-16(24-19)18-21-13-11-17(26)25-18/h10-15H,6-9H2,1-5H3,(H,21,25,26)(H,22,23,24)/t14-,15+. The summed E-state index contributed by atoms with van der Waals surface area (Å²) >= 11 is 0. The van der Waals surface area contributed by atoms with Crippen LogP contribution in [-0.2, 0) is 4.43 Å². The Bertz CT molecular complexity index is 801. The third-order valence-electron chi connectivity index (χ3n) is 5.80. The van der Waals surface area contributed by atoms with Gasteiger partial charge < -0.3 is 14.8 Å². The van der Waals surface area contributed by atoms with Gasteiger partial charge in [0.1, 0.15) is 5.69 Å². The van der Waals surface area contributed by atoms with Crippen molar-refractivity contribution in [2.75, 3.05) is 5.32 Å². The quantitative estimate of drug-likeness (QED) is 0.718. The summed E-state index contributed by atoms with van der Waals surface area (Å²) in [6.07, 6.45) is 7.73. The van der Waals surface area contributed by atoms with Crippen LogP contribution in [0.1, 0.15) is 46.5 Å². The van der Waals surface area contributed by atoms with E-state index in [4.69, 9.17) is 4.43 Å². The van der Waals surface area contributed by atoms with E-state index in [9.17, 15) is 5.11 Å². The summed E-state index contributed by atoms with van der Waals surface area (Å²) in [5, 5.41) is 13.2. The normalized spacial score (nSPS) is 20.8.